The number of hydrogen-bond acceptors (Lipinski definition) is 3. The molecule has 0 saturated heterocycles. The first-order chi connectivity index (χ1) is 7.83. The summed E-state index contributed by atoms with van der Waals surface area (Å²) >= 11 is 0. The lowest BCUT2D eigenvalue weighted by atomic mass is 10.1. The van der Waals surface area contributed by atoms with Crippen molar-refractivity contribution in [1.82, 2.24) is 9.62 Å². The van der Waals surface area contributed by atoms with Crippen molar-refractivity contribution in [3.8, 4) is 0 Å². The molecule has 0 aliphatic heterocycles. The summed E-state index contributed by atoms with van der Waals surface area (Å²) in [4.78, 5) is 11.6. The highest BCUT2D eigenvalue weighted by Crippen LogP contribution is 2.24. The minimum Gasteiger partial charge on any atom is -0.353 e. The molecule has 0 bridgehead atoms. The molecule has 0 aromatic heterocycles. The Labute approximate surface area is 104 Å². The van der Waals surface area contributed by atoms with Crippen LogP contribution in [0.5, 0.6) is 0 Å². The van der Waals surface area contributed by atoms with Crippen LogP contribution in [0, 0.1) is 5.92 Å². The van der Waals surface area contributed by atoms with Crippen molar-refractivity contribution in [2.75, 3.05) is 19.8 Å². The summed E-state index contributed by atoms with van der Waals surface area (Å²) in [6, 6.07) is 0.226. The van der Waals surface area contributed by atoms with Gasteiger partial charge in [-0.15, -0.1) is 0 Å². The van der Waals surface area contributed by atoms with E-state index in [-0.39, 0.29) is 24.1 Å². The molecule has 5 nitrogen and oxygen atoms in total. The molecule has 17 heavy (non-hydrogen) atoms. The maximum atomic E-state index is 11.6. The fourth-order valence-electron chi connectivity index (χ4n) is 2.04. The van der Waals surface area contributed by atoms with Gasteiger partial charge in [-0.25, -0.2) is 12.7 Å². The van der Waals surface area contributed by atoms with Gasteiger partial charge < -0.3 is 5.32 Å². The van der Waals surface area contributed by atoms with E-state index in [1.54, 1.807) is 0 Å². The second-order valence-electron chi connectivity index (χ2n) is 4.93. The van der Waals surface area contributed by atoms with Gasteiger partial charge in [-0.2, -0.15) is 0 Å². The van der Waals surface area contributed by atoms with Crippen molar-refractivity contribution >= 4 is 15.9 Å². The van der Waals surface area contributed by atoms with Gasteiger partial charge in [-0.05, 0) is 18.8 Å². The zero-order chi connectivity index (χ0) is 13.1. The molecule has 1 rings (SSSR count). The van der Waals surface area contributed by atoms with Crippen LogP contribution >= 0.6 is 0 Å². The molecule has 0 spiro atoms. The molecule has 1 saturated carbocycles. The van der Waals surface area contributed by atoms with Gasteiger partial charge in [0.25, 0.3) is 0 Å². The number of nitrogens with zero attached hydrogens (tertiary/aromatic N) is 1. The molecule has 1 aliphatic rings. The summed E-state index contributed by atoms with van der Waals surface area (Å²) < 4.78 is 24.1. The van der Waals surface area contributed by atoms with Crippen molar-refractivity contribution in [2.24, 2.45) is 5.92 Å². The normalized spacial score (nSPS) is 25.2. The molecule has 2 atom stereocenters. The van der Waals surface area contributed by atoms with Crippen molar-refractivity contribution < 1.29 is 13.2 Å². The van der Waals surface area contributed by atoms with Crippen molar-refractivity contribution in [3.63, 3.8) is 0 Å². The monoisotopic (exact) mass is 262 g/mol. The number of nitrogens with one attached hydrogen (secondary N) is 1. The number of hydrogen-bond donors (Lipinski definition) is 1. The van der Waals surface area contributed by atoms with Gasteiger partial charge in [-0.1, -0.05) is 13.3 Å². The molecule has 1 fully saturated rings. The largest absolute Gasteiger partial charge is 0.353 e. The summed E-state index contributed by atoms with van der Waals surface area (Å²) in [7, 11) is -0.311. The van der Waals surface area contributed by atoms with Crippen LogP contribution in [0.15, 0.2) is 0 Å². The van der Waals surface area contributed by atoms with E-state index >= 15 is 0 Å². The molecule has 1 amide bonds. The van der Waals surface area contributed by atoms with Crippen LogP contribution in [-0.4, -0.2) is 44.5 Å². The fraction of sp³-hybridized carbons (Fsp3) is 0.909. The molecule has 0 aromatic rings. The van der Waals surface area contributed by atoms with Crippen LogP contribution in [0.4, 0.5) is 0 Å². The summed E-state index contributed by atoms with van der Waals surface area (Å²) in [6.45, 7) is 2.12. The van der Waals surface area contributed by atoms with E-state index in [9.17, 15) is 13.2 Å². The van der Waals surface area contributed by atoms with Crippen molar-refractivity contribution in [2.45, 2.75) is 38.6 Å². The third-order valence-electron chi connectivity index (χ3n) is 3.35. The number of carbonyl (C=O) groups excluding carboxylic acids is 1. The highest BCUT2D eigenvalue weighted by atomic mass is 32.2. The highest BCUT2D eigenvalue weighted by Gasteiger charge is 2.25. The zero-order valence-corrected chi connectivity index (χ0v) is 11.6. The van der Waals surface area contributed by atoms with E-state index in [0.717, 1.165) is 23.6 Å². The Hall–Kier alpha value is -0.620. The van der Waals surface area contributed by atoms with Crippen molar-refractivity contribution in [3.05, 3.63) is 0 Å². The number of rotatable bonds is 5. The Kier molecular flexibility index (Phi) is 4.94. The SMILES string of the molecule is C[C@H]1CCC[C@@H]1NC(=O)CCS(=O)(=O)N(C)C. The van der Waals surface area contributed by atoms with Gasteiger partial charge in [0, 0.05) is 26.6 Å². The van der Waals surface area contributed by atoms with Gasteiger partial charge in [0.1, 0.15) is 0 Å². The topological polar surface area (TPSA) is 66.5 Å². The smallest absolute Gasteiger partial charge is 0.221 e. The Morgan fingerprint density at radius 3 is 2.47 bits per heavy atom. The Morgan fingerprint density at radius 2 is 2.00 bits per heavy atom. The number of amides is 1. The summed E-state index contributed by atoms with van der Waals surface area (Å²) in [5.74, 6) is 0.228. The van der Waals surface area contributed by atoms with Crippen molar-refractivity contribution in [1.29, 1.82) is 0 Å². The van der Waals surface area contributed by atoms with Gasteiger partial charge >= 0.3 is 0 Å². The van der Waals surface area contributed by atoms with Crippen LogP contribution in [-0.2, 0) is 14.8 Å². The van der Waals surface area contributed by atoms with Gasteiger partial charge in [0.2, 0.25) is 15.9 Å². The van der Waals surface area contributed by atoms with E-state index in [1.807, 2.05) is 0 Å². The third-order valence-corrected chi connectivity index (χ3v) is 5.18. The van der Waals surface area contributed by atoms with E-state index in [0.29, 0.717) is 5.92 Å². The third kappa shape index (κ3) is 4.27. The fourth-order valence-corrected chi connectivity index (χ4v) is 2.85. The average Bonchev–Trinajstić information content (AvgIpc) is 2.61. The van der Waals surface area contributed by atoms with E-state index < -0.39 is 10.0 Å². The standard InChI is InChI=1S/C11H22N2O3S/c1-9-5-4-6-10(9)12-11(14)7-8-17(15,16)13(2)3/h9-10H,4-8H2,1-3H3,(H,12,14)/t9-,10-/m0/s1. The molecule has 1 N–H and O–H groups in total. The first-order valence-electron chi connectivity index (χ1n) is 6.02. The Bertz CT molecular complexity index is 365. The molecular weight excluding hydrogens is 240 g/mol. The summed E-state index contributed by atoms with van der Waals surface area (Å²) in [5, 5.41) is 2.92. The van der Waals surface area contributed by atoms with Crippen LogP contribution in [0.1, 0.15) is 32.6 Å². The maximum Gasteiger partial charge on any atom is 0.221 e. The molecule has 1 aliphatic carbocycles. The Balaban J connectivity index is 2.36. The van der Waals surface area contributed by atoms with Gasteiger partial charge in [0.05, 0.1) is 5.75 Å². The minimum absolute atomic E-state index is 0.0454. The molecule has 0 aromatic carbocycles. The lowest BCUT2D eigenvalue weighted by molar-refractivity contribution is -0.121. The van der Waals surface area contributed by atoms with Crippen LogP contribution in [0.2, 0.25) is 0 Å². The first-order valence-corrected chi connectivity index (χ1v) is 7.63. The highest BCUT2D eigenvalue weighted by molar-refractivity contribution is 7.89. The predicted molar refractivity (Wildman–Crippen MR) is 67.0 cm³/mol. The number of carbonyl (C=O) groups is 1. The van der Waals surface area contributed by atoms with E-state index in [4.69, 9.17) is 0 Å². The second kappa shape index (κ2) is 5.82. The molecule has 0 unspecified atom stereocenters. The van der Waals surface area contributed by atoms with Gasteiger partial charge in [0.15, 0.2) is 0 Å². The summed E-state index contributed by atoms with van der Waals surface area (Å²) in [5.41, 5.74) is 0. The van der Waals surface area contributed by atoms with Gasteiger partial charge in [-0.3, -0.25) is 4.79 Å². The van der Waals surface area contributed by atoms with Crippen LogP contribution < -0.4 is 5.32 Å². The van der Waals surface area contributed by atoms with Crippen LogP contribution in [0.3, 0.4) is 0 Å². The molecule has 6 heteroatoms. The molecule has 100 valence electrons. The predicted octanol–water partition coefficient (Wildman–Crippen LogP) is 0.573. The van der Waals surface area contributed by atoms with E-state index in [2.05, 4.69) is 12.2 Å². The number of sulfonamides is 1. The second-order valence-corrected chi connectivity index (χ2v) is 7.23. The zero-order valence-electron chi connectivity index (χ0n) is 10.8. The summed E-state index contributed by atoms with van der Waals surface area (Å²) in [6.07, 6.45) is 3.33. The minimum atomic E-state index is -3.27. The van der Waals surface area contributed by atoms with Crippen LogP contribution in [0.25, 0.3) is 0 Å². The Morgan fingerprint density at radius 1 is 1.35 bits per heavy atom. The quantitative estimate of drug-likeness (QED) is 0.788. The lowest BCUT2D eigenvalue weighted by Crippen LogP contribution is -2.38. The van der Waals surface area contributed by atoms with E-state index in [1.165, 1.54) is 14.1 Å². The lowest BCUT2D eigenvalue weighted by Gasteiger charge is -2.17. The maximum absolute atomic E-state index is 11.6. The molecule has 0 heterocycles. The average molecular weight is 262 g/mol. The molecule has 0 radical (unpaired) electrons. The molecular formula is C11H22N2O3S. The first kappa shape index (κ1) is 14.4.